The lowest BCUT2D eigenvalue weighted by Crippen LogP contribution is -2.54. The zero-order valence-corrected chi connectivity index (χ0v) is 16.5. The van der Waals surface area contributed by atoms with Gasteiger partial charge in [0, 0.05) is 38.4 Å². The van der Waals surface area contributed by atoms with Crippen molar-refractivity contribution in [3.8, 4) is 5.75 Å². The molecule has 1 unspecified atom stereocenters. The molecule has 2 amide bonds. The lowest BCUT2D eigenvalue weighted by atomic mass is 10.1. The van der Waals surface area contributed by atoms with E-state index in [4.69, 9.17) is 10.5 Å². The van der Waals surface area contributed by atoms with Gasteiger partial charge in [0.15, 0.2) is 5.75 Å². The maximum Gasteiger partial charge on any atom is 0.416 e. The Hall–Kier alpha value is -3.21. The third-order valence-corrected chi connectivity index (χ3v) is 4.84. The molecular weight excluding hydrogens is 420 g/mol. The van der Waals surface area contributed by atoms with Crippen LogP contribution >= 0.6 is 0 Å². The number of pyridine rings is 1. The van der Waals surface area contributed by atoms with Crippen molar-refractivity contribution in [2.45, 2.75) is 25.7 Å². The van der Waals surface area contributed by atoms with Crippen molar-refractivity contribution in [3.63, 3.8) is 0 Å². The largest absolute Gasteiger partial charge is 0.416 e. The van der Waals surface area contributed by atoms with Gasteiger partial charge in [0.25, 0.3) is 0 Å². The van der Waals surface area contributed by atoms with E-state index >= 15 is 0 Å². The first-order valence-electron chi connectivity index (χ1n) is 9.35. The molecule has 2 aromatic rings. The van der Waals surface area contributed by atoms with Gasteiger partial charge >= 0.3 is 12.3 Å². The molecule has 7 nitrogen and oxygen atoms in total. The summed E-state index contributed by atoms with van der Waals surface area (Å²) in [6.07, 6.45) is -2.76. The summed E-state index contributed by atoms with van der Waals surface area (Å²) in [5, 5.41) is 0. The van der Waals surface area contributed by atoms with Gasteiger partial charge in [-0.05, 0) is 36.8 Å². The molecule has 0 bridgehead atoms. The number of carbonyl (C=O) groups excluding carboxylic acids is 2. The van der Waals surface area contributed by atoms with Crippen molar-refractivity contribution < 1.29 is 31.9 Å². The minimum atomic E-state index is -4.63. The Morgan fingerprint density at radius 2 is 1.94 bits per heavy atom. The number of piperazine rings is 1. The molecule has 2 N–H and O–H groups in total. The highest BCUT2D eigenvalue weighted by Gasteiger charge is 2.32. The molecule has 11 heteroatoms. The van der Waals surface area contributed by atoms with Crippen LogP contribution in [0.25, 0.3) is 0 Å². The van der Waals surface area contributed by atoms with Crippen molar-refractivity contribution in [3.05, 3.63) is 59.2 Å². The number of carbonyl (C=O) groups is 2. The van der Waals surface area contributed by atoms with Crippen molar-refractivity contribution in [2.75, 3.05) is 19.6 Å². The summed E-state index contributed by atoms with van der Waals surface area (Å²) in [4.78, 5) is 30.8. The Balaban J connectivity index is 1.62. The van der Waals surface area contributed by atoms with E-state index in [2.05, 4.69) is 4.98 Å². The van der Waals surface area contributed by atoms with Gasteiger partial charge in [-0.2, -0.15) is 13.2 Å². The first-order valence-corrected chi connectivity index (χ1v) is 9.35. The first-order chi connectivity index (χ1) is 14.5. The van der Waals surface area contributed by atoms with Gasteiger partial charge in [-0.3, -0.25) is 14.7 Å². The third-order valence-electron chi connectivity index (χ3n) is 4.84. The quantitative estimate of drug-likeness (QED) is 0.739. The average Bonchev–Trinajstić information content (AvgIpc) is 2.67. The predicted octanol–water partition coefficient (Wildman–Crippen LogP) is 3.04. The molecule has 3 rings (SSSR count). The highest BCUT2D eigenvalue weighted by atomic mass is 19.4. The molecule has 1 atom stereocenters. The van der Waals surface area contributed by atoms with E-state index in [0.717, 1.165) is 12.1 Å². The summed E-state index contributed by atoms with van der Waals surface area (Å²) in [5.41, 5.74) is 4.43. The van der Waals surface area contributed by atoms with Gasteiger partial charge in [-0.1, -0.05) is 0 Å². The summed E-state index contributed by atoms with van der Waals surface area (Å²) in [6, 6.07) is 3.44. The zero-order valence-electron chi connectivity index (χ0n) is 16.5. The summed E-state index contributed by atoms with van der Waals surface area (Å²) in [6.45, 7) is 2.84. The van der Waals surface area contributed by atoms with Gasteiger partial charge in [-0.25, -0.2) is 9.18 Å². The van der Waals surface area contributed by atoms with Gasteiger partial charge in [-0.15, -0.1) is 0 Å². The SMILES string of the molecule is CC1CN(Cc2cc(F)cc(C(F)(F)F)c2)CCN1C(=O)Oc1cncc(C(N)=O)c1. The molecule has 0 spiro atoms. The molecule has 1 aliphatic heterocycles. The van der Waals surface area contributed by atoms with Crippen molar-refractivity contribution in [1.82, 2.24) is 14.8 Å². The van der Waals surface area contributed by atoms with Crippen LogP contribution in [0, 0.1) is 5.82 Å². The third kappa shape index (κ3) is 5.69. The van der Waals surface area contributed by atoms with Crippen LogP contribution < -0.4 is 10.5 Å². The zero-order chi connectivity index (χ0) is 22.8. The van der Waals surface area contributed by atoms with Gasteiger partial charge in [0.2, 0.25) is 5.91 Å². The normalized spacial score (nSPS) is 17.5. The van der Waals surface area contributed by atoms with Crippen LogP contribution in [0.5, 0.6) is 5.75 Å². The van der Waals surface area contributed by atoms with Crippen LogP contribution in [0.3, 0.4) is 0 Å². The number of amides is 2. The Labute approximate surface area is 175 Å². The Morgan fingerprint density at radius 3 is 2.58 bits per heavy atom. The summed E-state index contributed by atoms with van der Waals surface area (Å²) >= 11 is 0. The van der Waals surface area contributed by atoms with Crippen LogP contribution in [0.1, 0.15) is 28.4 Å². The molecule has 0 saturated carbocycles. The highest BCUT2D eigenvalue weighted by molar-refractivity contribution is 5.92. The van der Waals surface area contributed by atoms with E-state index in [0.29, 0.717) is 19.2 Å². The Morgan fingerprint density at radius 1 is 1.19 bits per heavy atom. The fraction of sp³-hybridized carbons (Fsp3) is 0.350. The molecular formula is C20H20F4N4O3. The Bertz CT molecular complexity index is 983. The van der Waals surface area contributed by atoms with Crippen molar-refractivity contribution in [2.24, 2.45) is 5.73 Å². The summed E-state index contributed by atoms with van der Waals surface area (Å²) in [7, 11) is 0. The molecule has 1 aromatic heterocycles. The molecule has 166 valence electrons. The summed E-state index contributed by atoms with van der Waals surface area (Å²) < 4.78 is 57.6. The topological polar surface area (TPSA) is 88.8 Å². The van der Waals surface area contributed by atoms with Gasteiger partial charge in [0.05, 0.1) is 17.3 Å². The number of aromatic nitrogens is 1. The van der Waals surface area contributed by atoms with Gasteiger partial charge in [0.1, 0.15) is 5.82 Å². The maximum absolute atomic E-state index is 13.6. The van der Waals surface area contributed by atoms with E-state index in [-0.39, 0.29) is 36.0 Å². The minimum absolute atomic E-state index is 0.0652. The van der Waals surface area contributed by atoms with Crippen LogP contribution in [0.2, 0.25) is 0 Å². The number of alkyl halides is 3. The molecule has 31 heavy (non-hydrogen) atoms. The average molecular weight is 440 g/mol. The minimum Gasteiger partial charge on any atom is -0.409 e. The fourth-order valence-electron chi connectivity index (χ4n) is 3.38. The molecule has 1 aliphatic rings. The molecule has 1 fully saturated rings. The molecule has 2 heterocycles. The predicted molar refractivity (Wildman–Crippen MR) is 102 cm³/mol. The lowest BCUT2D eigenvalue weighted by molar-refractivity contribution is -0.137. The lowest BCUT2D eigenvalue weighted by Gasteiger charge is -2.39. The summed E-state index contributed by atoms with van der Waals surface area (Å²) in [5.74, 6) is -1.60. The van der Waals surface area contributed by atoms with Crippen molar-refractivity contribution in [1.29, 1.82) is 0 Å². The van der Waals surface area contributed by atoms with Crippen LogP contribution in [0.15, 0.2) is 36.7 Å². The number of benzene rings is 1. The Kier molecular flexibility index (Phi) is 6.44. The van der Waals surface area contributed by atoms with Crippen LogP contribution in [-0.4, -0.2) is 52.5 Å². The fourth-order valence-corrected chi connectivity index (χ4v) is 3.38. The number of primary amides is 1. The highest BCUT2D eigenvalue weighted by Crippen LogP contribution is 2.31. The monoisotopic (exact) mass is 440 g/mol. The van der Waals surface area contributed by atoms with E-state index in [1.54, 1.807) is 6.92 Å². The van der Waals surface area contributed by atoms with E-state index in [1.807, 2.05) is 4.90 Å². The van der Waals surface area contributed by atoms with E-state index in [9.17, 15) is 27.2 Å². The van der Waals surface area contributed by atoms with Gasteiger partial charge < -0.3 is 15.4 Å². The second kappa shape index (κ2) is 8.88. The van der Waals surface area contributed by atoms with E-state index in [1.165, 1.54) is 23.4 Å². The number of halogens is 4. The van der Waals surface area contributed by atoms with Crippen LogP contribution in [-0.2, 0) is 12.7 Å². The second-order valence-electron chi connectivity index (χ2n) is 7.26. The smallest absolute Gasteiger partial charge is 0.409 e. The molecule has 0 radical (unpaired) electrons. The molecule has 0 aliphatic carbocycles. The first kappa shape index (κ1) is 22.5. The van der Waals surface area contributed by atoms with Crippen LogP contribution in [0.4, 0.5) is 22.4 Å². The number of hydrogen-bond donors (Lipinski definition) is 1. The second-order valence-corrected chi connectivity index (χ2v) is 7.26. The number of nitrogens with two attached hydrogens (primary N) is 1. The number of ether oxygens (including phenoxy) is 1. The molecule has 1 aromatic carbocycles. The maximum atomic E-state index is 13.6. The standard InChI is InChI=1S/C20H20F4N4O3/c1-12-10-27(11-13-4-15(20(22,23)24)7-16(21)5-13)2-3-28(12)19(30)31-17-6-14(18(25)29)8-26-9-17/h4-9,12H,2-3,10-11H2,1H3,(H2,25,29). The number of hydrogen-bond acceptors (Lipinski definition) is 5. The number of nitrogens with zero attached hydrogens (tertiary/aromatic N) is 3. The number of rotatable bonds is 4. The van der Waals surface area contributed by atoms with Crippen molar-refractivity contribution >= 4 is 12.0 Å². The molecule has 1 saturated heterocycles. The van der Waals surface area contributed by atoms with E-state index < -0.39 is 29.6 Å².